The molecule has 0 spiro atoms. The van der Waals surface area contributed by atoms with Gasteiger partial charge in [0.05, 0.1) is 18.5 Å². The Morgan fingerprint density at radius 3 is 2.67 bits per heavy atom. The summed E-state index contributed by atoms with van der Waals surface area (Å²) in [4.78, 5) is 4.66. The molecular weight excluding hydrogens is 364 g/mol. The van der Waals surface area contributed by atoms with Gasteiger partial charge < -0.3 is 10.6 Å². The van der Waals surface area contributed by atoms with E-state index in [1.807, 2.05) is 25.6 Å². The summed E-state index contributed by atoms with van der Waals surface area (Å²) >= 11 is 0. The normalized spacial score (nSPS) is 20.1. The van der Waals surface area contributed by atoms with Gasteiger partial charge in [-0.15, -0.1) is 0 Å². The van der Waals surface area contributed by atoms with E-state index < -0.39 is 10.0 Å². The second-order valence-electron chi connectivity index (χ2n) is 7.41. The Kier molecular flexibility index (Phi) is 7.27. The summed E-state index contributed by atoms with van der Waals surface area (Å²) in [5.41, 5.74) is 3.49. The standard InChI is InChI=1S/C18H34N6O2S/c1-7-19-18(20-12-16-9-8-10-24(16)27(6,25)26)21-13(2)11-17-14(3)22-23(5)15(17)4/h13,16H,7-12H2,1-6H3,(H2,19,20,21)/t13?,16-/m1/s1. The molecule has 0 bridgehead atoms. The third-order valence-corrected chi connectivity index (χ3v) is 6.44. The van der Waals surface area contributed by atoms with Crippen LogP contribution in [0.15, 0.2) is 4.99 Å². The molecule has 9 heteroatoms. The minimum absolute atomic E-state index is 0.0476. The predicted molar refractivity (Wildman–Crippen MR) is 110 cm³/mol. The van der Waals surface area contributed by atoms with Gasteiger partial charge in [0.1, 0.15) is 0 Å². The van der Waals surface area contributed by atoms with Crippen molar-refractivity contribution in [3.63, 3.8) is 0 Å². The van der Waals surface area contributed by atoms with Crippen molar-refractivity contribution in [3.8, 4) is 0 Å². The summed E-state index contributed by atoms with van der Waals surface area (Å²) in [6.45, 7) is 10.1. The molecule has 0 radical (unpaired) electrons. The smallest absolute Gasteiger partial charge is 0.211 e. The molecule has 154 valence electrons. The number of aryl methyl sites for hydroxylation is 2. The van der Waals surface area contributed by atoms with E-state index in [4.69, 9.17) is 0 Å². The van der Waals surface area contributed by atoms with Crippen molar-refractivity contribution in [1.82, 2.24) is 24.7 Å². The van der Waals surface area contributed by atoms with E-state index in [1.54, 1.807) is 4.31 Å². The Balaban J connectivity index is 2.02. The molecule has 1 fully saturated rings. The Hall–Kier alpha value is -1.61. The van der Waals surface area contributed by atoms with Crippen LogP contribution in [-0.2, 0) is 23.5 Å². The lowest BCUT2D eigenvalue weighted by molar-refractivity contribution is 0.396. The zero-order valence-electron chi connectivity index (χ0n) is 17.4. The van der Waals surface area contributed by atoms with Gasteiger partial charge in [0.2, 0.25) is 10.0 Å². The molecule has 8 nitrogen and oxygen atoms in total. The van der Waals surface area contributed by atoms with Gasteiger partial charge in [-0.2, -0.15) is 9.40 Å². The van der Waals surface area contributed by atoms with Gasteiger partial charge in [-0.25, -0.2) is 8.42 Å². The summed E-state index contributed by atoms with van der Waals surface area (Å²) < 4.78 is 27.3. The minimum Gasteiger partial charge on any atom is -0.357 e. The topological polar surface area (TPSA) is 91.6 Å². The van der Waals surface area contributed by atoms with Gasteiger partial charge in [0.15, 0.2) is 5.96 Å². The third kappa shape index (κ3) is 5.68. The molecule has 27 heavy (non-hydrogen) atoms. The number of rotatable bonds is 7. The van der Waals surface area contributed by atoms with E-state index in [0.717, 1.165) is 37.5 Å². The monoisotopic (exact) mass is 398 g/mol. The van der Waals surface area contributed by atoms with Crippen LogP contribution in [0.4, 0.5) is 0 Å². The molecule has 0 aliphatic carbocycles. The molecule has 2 heterocycles. The number of hydrogen-bond acceptors (Lipinski definition) is 4. The first-order valence-electron chi connectivity index (χ1n) is 9.64. The predicted octanol–water partition coefficient (Wildman–Crippen LogP) is 0.947. The van der Waals surface area contributed by atoms with Crippen LogP contribution in [0.3, 0.4) is 0 Å². The van der Waals surface area contributed by atoms with E-state index in [0.29, 0.717) is 13.1 Å². The van der Waals surface area contributed by atoms with Gasteiger partial charge in [-0.1, -0.05) is 0 Å². The molecule has 1 saturated heterocycles. The summed E-state index contributed by atoms with van der Waals surface area (Å²) in [5, 5.41) is 11.2. The highest BCUT2D eigenvalue weighted by Gasteiger charge is 2.31. The summed E-state index contributed by atoms with van der Waals surface area (Å²) in [7, 11) is -1.21. The van der Waals surface area contributed by atoms with Crippen LogP contribution in [0.25, 0.3) is 0 Å². The lowest BCUT2D eigenvalue weighted by Crippen LogP contribution is -2.44. The second-order valence-corrected chi connectivity index (χ2v) is 9.35. The van der Waals surface area contributed by atoms with Crippen molar-refractivity contribution >= 4 is 16.0 Å². The number of nitrogens with zero attached hydrogens (tertiary/aromatic N) is 4. The number of hydrogen-bond donors (Lipinski definition) is 2. The van der Waals surface area contributed by atoms with E-state index >= 15 is 0 Å². The zero-order valence-corrected chi connectivity index (χ0v) is 18.2. The third-order valence-electron chi connectivity index (χ3n) is 5.11. The second kappa shape index (κ2) is 9.05. The Labute approximate surface area is 163 Å². The van der Waals surface area contributed by atoms with Gasteiger partial charge in [-0.3, -0.25) is 9.67 Å². The lowest BCUT2D eigenvalue weighted by atomic mass is 10.1. The number of nitrogens with one attached hydrogen (secondary N) is 2. The maximum Gasteiger partial charge on any atom is 0.211 e. The SMILES string of the molecule is CCNC(=NC[C@H]1CCCN1S(C)(=O)=O)NC(C)Cc1c(C)nn(C)c1C. The van der Waals surface area contributed by atoms with Crippen molar-refractivity contribution < 1.29 is 8.42 Å². The Morgan fingerprint density at radius 2 is 2.11 bits per heavy atom. The average molecular weight is 399 g/mol. The first-order chi connectivity index (χ1) is 12.6. The average Bonchev–Trinajstić information content (AvgIpc) is 3.13. The quantitative estimate of drug-likeness (QED) is 0.527. The Morgan fingerprint density at radius 1 is 1.41 bits per heavy atom. The number of guanidine groups is 1. The highest BCUT2D eigenvalue weighted by molar-refractivity contribution is 7.88. The number of aromatic nitrogens is 2. The molecule has 2 atom stereocenters. The molecule has 0 aromatic carbocycles. The number of aliphatic imine (C=N–C) groups is 1. The van der Waals surface area contributed by atoms with Crippen LogP contribution in [0.2, 0.25) is 0 Å². The molecule has 2 N–H and O–H groups in total. The van der Waals surface area contributed by atoms with Crippen LogP contribution in [0.1, 0.15) is 43.6 Å². The Bertz CT molecular complexity index is 771. The van der Waals surface area contributed by atoms with E-state index in [9.17, 15) is 8.42 Å². The summed E-state index contributed by atoms with van der Waals surface area (Å²) in [6.07, 6.45) is 3.89. The molecule has 1 aromatic rings. The van der Waals surface area contributed by atoms with Gasteiger partial charge in [0.25, 0.3) is 0 Å². The first-order valence-corrected chi connectivity index (χ1v) is 11.5. The molecule has 1 aliphatic rings. The van der Waals surface area contributed by atoms with Crippen LogP contribution >= 0.6 is 0 Å². The molecular formula is C18H34N6O2S. The van der Waals surface area contributed by atoms with Crippen molar-refractivity contribution in [2.75, 3.05) is 25.9 Å². The lowest BCUT2D eigenvalue weighted by Gasteiger charge is -2.22. The van der Waals surface area contributed by atoms with Gasteiger partial charge >= 0.3 is 0 Å². The fourth-order valence-corrected chi connectivity index (χ4v) is 4.82. The summed E-state index contributed by atoms with van der Waals surface area (Å²) in [5.74, 6) is 0.726. The maximum atomic E-state index is 11.9. The van der Waals surface area contributed by atoms with Crippen LogP contribution in [0.5, 0.6) is 0 Å². The van der Waals surface area contributed by atoms with Crippen LogP contribution in [-0.4, -0.2) is 66.4 Å². The fourth-order valence-electron chi connectivity index (χ4n) is 3.65. The highest BCUT2D eigenvalue weighted by Crippen LogP contribution is 2.20. The summed E-state index contributed by atoms with van der Waals surface area (Å²) in [6, 6.07) is 0.132. The number of sulfonamides is 1. The van der Waals surface area contributed by atoms with Crippen molar-refractivity contribution in [1.29, 1.82) is 0 Å². The van der Waals surface area contributed by atoms with E-state index in [1.165, 1.54) is 17.5 Å². The van der Waals surface area contributed by atoms with Gasteiger partial charge in [0, 0.05) is 37.9 Å². The van der Waals surface area contributed by atoms with Crippen LogP contribution in [0, 0.1) is 13.8 Å². The zero-order chi connectivity index (χ0) is 20.2. The molecule has 1 unspecified atom stereocenters. The molecule has 2 rings (SSSR count). The van der Waals surface area contributed by atoms with Gasteiger partial charge in [-0.05, 0) is 52.5 Å². The molecule has 1 aliphatic heterocycles. The van der Waals surface area contributed by atoms with Crippen LogP contribution < -0.4 is 10.6 Å². The van der Waals surface area contributed by atoms with Crippen molar-refractivity contribution in [3.05, 3.63) is 17.0 Å². The maximum absolute atomic E-state index is 11.9. The van der Waals surface area contributed by atoms with E-state index in [2.05, 4.69) is 34.6 Å². The molecule has 0 amide bonds. The molecule has 0 saturated carbocycles. The molecule has 1 aromatic heterocycles. The van der Waals surface area contributed by atoms with Crippen molar-refractivity contribution in [2.45, 2.75) is 59.0 Å². The first kappa shape index (κ1) is 21.7. The fraction of sp³-hybridized carbons (Fsp3) is 0.778. The minimum atomic E-state index is -3.17. The van der Waals surface area contributed by atoms with Crippen molar-refractivity contribution in [2.24, 2.45) is 12.0 Å². The largest absolute Gasteiger partial charge is 0.357 e. The highest BCUT2D eigenvalue weighted by atomic mass is 32.2. The van der Waals surface area contributed by atoms with E-state index in [-0.39, 0.29) is 12.1 Å².